The lowest BCUT2D eigenvalue weighted by Gasteiger charge is -2.34. The molecular weight excluding hydrogens is 288 g/mol. The third kappa shape index (κ3) is 4.25. The Hall–Kier alpha value is -1.55. The molecule has 0 atom stereocenters. The first kappa shape index (κ1) is 17.8. The molecule has 0 aromatic heterocycles. The van der Waals surface area contributed by atoms with E-state index in [0.29, 0.717) is 11.8 Å². The van der Waals surface area contributed by atoms with Crippen LogP contribution in [0.2, 0.25) is 0 Å². The van der Waals surface area contributed by atoms with Crippen LogP contribution in [0.15, 0.2) is 18.2 Å². The van der Waals surface area contributed by atoms with Crippen LogP contribution in [0.1, 0.15) is 56.6 Å². The third-order valence-corrected chi connectivity index (χ3v) is 5.10. The molecule has 1 aliphatic carbocycles. The van der Waals surface area contributed by atoms with Gasteiger partial charge in [0.05, 0.1) is 0 Å². The van der Waals surface area contributed by atoms with Gasteiger partial charge in [-0.3, -0.25) is 0 Å². The molecule has 2 N–H and O–H groups in total. The number of anilines is 1. The molecule has 1 aromatic rings. The topological polar surface area (TPSA) is 52.6 Å². The number of aliphatic hydroxyl groups excluding tert-OH is 1. The van der Waals surface area contributed by atoms with Crippen LogP contribution in [-0.2, 0) is 0 Å². The van der Waals surface area contributed by atoms with E-state index in [1.165, 1.54) is 5.56 Å². The van der Waals surface area contributed by atoms with Crippen LogP contribution in [0.25, 0.3) is 0 Å². The third-order valence-electron chi connectivity index (χ3n) is 5.10. The van der Waals surface area contributed by atoms with Crippen molar-refractivity contribution in [3.8, 4) is 0 Å². The maximum absolute atomic E-state index is 12.7. The first-order chi connectivity index (χ1) is 10.9. The average molecular weight is 318 g/mol. The summed E-state index contributed by atoms with van der Waals surface area (Å²) in [6.45, 7) is 6.59. The maximum atomic E-state index is 12.7. The molecule has 0 spiro atoms. The van der Waals surface area contributed by atoms with Gasteiger partial charge in [0.1, 0.15) is 0 Å². The average Bonchev–Trinajstić information content (AvgIpc) is 2.55. The highest BCUT2D eigenvalue weighted by Gasteiger charge is 2.26. The van der Waals surface area contributed by atoms with Crippen LogP contribution in [0.5, 0.6) is 0 Å². The van der Waals surface area contributed by atoms with Gasteiger partial charge in [-0.1, -0.05) is 32.0 Å². The Morgan fingerprint density at radius 1 is 1.30 bits per heavy atom. The summed E-state index contributed by atoms with van der Waals surface area (Å²) in [4.78, 5) is 14.5. The Morgan fingerprint density at radius 2 is 1.96 bits per heavy atom. The Morgan fingerprint density at radius 3 is 2.52 bits per heavy atom. The minimum atomic E-state index is -0.0337. The van der Waals surface area contributed by atoms with Crippen molar-refractivity contribution in [1.82, 2.24) is 4.90 Å². The minimum absolute atomic E-state index is 0.0337. The number of aliphatic hydroxyl groups is 1. The molecule has 1 saturated carbocycles. The molecule has 2 amide bonds. The fourth-order valence-electron chi connectivity index (χ4n) is 3.42. The Bertz CT molecular complexity index is 534. The second kappa shape index (κ2) is 7.82. The van der Waals surface area contributed by atoms with Crippen molar-refractivity contribution in [3.05, 3.63) is 29.3 Å². The molecule has 1 aliphatic rings. The predicted molar refractivity (Wildman–Crippen MR) is 94.9 cm³/mol. The number of para-hydroxylation sites is 1. The Balaban J connectivity index is 2.05. The van der Waals surface area contributed by atoms with Gasteiger partial charge in [0, 0.05) is 25.4 Å². The van der Waals surface area contributed by atoms with Gasteiger partial charge in [-0.15, -0.1) is 0 Å². The quantitative estimate of drug-likeness (QED) is 0.877. The summed E-state index contributed by atoms with van der Waals surface area (Å²) >= 11 is 0. The molecule has 23 heavy (non-hydrogen) atoms. The van der Waals surface area contributed by atoms with E-state index < -0.39 is 0 Å². The maximum Gasteiger partial charge on any atom is 0.321 e. The predicted octanol–water partition coefficient (Wildman–Crippen LogP) is 4.13. The van der Waals surface area contributed by atoms with Gasteiger partial charge >= 0.3 is 6.03 Å². The summed E-state index contributed by atoms with van der Waals surface area (Å²) in [5.41, 5.74) is 3.22. The SMILES string of the molecule is Cc1cccc(C(C)C)c1NC(=O)N(C)C1CCC(CO)CC1. The highest BCUT2D eigenvalue weighted by molar-refractivity contribution is 5.91. The van der Waals surface area contributed by atoms with E-state index >= 15 is 0 Å². The van der Waals surface area contributed by atoms with Gasteiger partial charge in [0.25, 0.3) is 0 Å². The van der Waals surface area contributed by atoms with Crippen molar-refractivity contribution in [1.29, 1.82) is 0 Å². The lowest BCUT2D eigenvalue weighted by atomic mass is 9.86. The van der Waals surface area contributed by atoms with Crippen LogP contribution < -0.4 is 5.32 Å². The lowest BCUT2D eigenvalue weighted by Crippen LogP contribution is -2.42. The summed E-state index contributed by atoms with van der Waals surface area (Å²) in [7, 11) is 1.88. The number of hydrogen-bond donors (Lipinski definition) is 2. The summed E-state index contributed by atoms with van der Waals surface area (Å²) in [6.07, 6.45) is 3.95. The number of amides is 2. The number of aryl methyl sites for hydroxylation is 1. The molecule has 2 rings (SSSR count). The first-order valence-corrected chi connectivity index (χ1v) is 8.68. The van der Waals surface area contributed by atoms with Crippen molar-refractivity contribution in [2.24, 2.45) is 5.92 Å². The van der Waals surface area contributed by atoms with E-state index in [0.717, 1.165) is 36.9 Å². The van der Waals surface area contributed by atoms with E-state index in [-0.39, 0.29) is 18.7 Å². The van der Waals surface area contributed by atoms with E-state index in [4.69, 9.17) is 0 Å². The van der Waals surface area contributed by atoms with Crippen molar-refractivity contribution in [2.75, 3.05) is 19.0 Å². The van der Waals surface area contributed by atoms with Crippen molar-refractivity contribution in [2.45, 2.75) is 58.4 Å². The normalized spacial score (nSPS) is 21.3. The van der Waals surface area contributed by atoms with E-state index in [1.807, 2.05) is 31.0 Å². The summed E-state index contributed by atoms with van der Waals surface area (Å²) in [6, 6.07) is 6.39. The first-order valence-electron chi connectivity index (χ1n) is 8.68. The number of rotatable bonds is 4. The number of hydrogen-bond acceptors (Lipinski definition) is 2. The fourth-order valence-corrected chi connectivity index (χ4v) is 3.42. The molecule has 1 aromatic carbocycles. The monoisotopic (exact) mass is 318 g/mol. The lowest BCUT2D eigenvalue weighted by molar-refractivity contribution is 0.139. The molecule has 4 nitrogen and oxygen atoms in total. The molecule has 0 heterocycles. The van der Waals surface area contributed by atoms with Crippen molar-refractivity contribution >= 4 is 11.7 Å². The molecule has 0 bridgehead atoms. The summed E-state index contributed by atoms with van der Waals surface area (Å²) in [5.74, 6) is 0.780. The van der Waals surface area contributed by atoms with Crippen LogP contribution >= 0.6 is 0 Å². The number of nitrogens with one attached hydrogen (secondary N) is 1. The molecule has 1 fully saturated rings. The van der Waals surface area contributed by atoms with Crippen molar-refractivity contribution < 1.29 is 9.90 Å². The van der Waals surface area contributed by atoms with Crippen LogP contribution in [0, 0.1) is 12.8 Å². The minimum Gasteiger partial charge on any atom is -0.396 e. The fraction of sp³-hybridized carbons (Fsp3) is 0.632. The van der Waals surface area contributed by atoms with Gasteiger partial charge < -0.3 is 15.3 Å². The van der Waals surface area contributed by atoms with Gasteiger partial charge in [0.2, 0.25) is 0 Å². The second-order valence-electron chi connectivity index (χ2n) is 7.09. The highest BCUT2D eigenvalue weighted by atomic mass is 16.3. The molecule has 0 radical (unpaired) electrons. The van der Waals surface area contributed by atoms with Gasteiger partial charge in [-0.25, -0.2) is 4.79 Å². The summed E-state index contributed by atoms with van der Waals surface area (Å²) < 4.78 is 0. The number of urea groups is 1. The van der Waals surface area contributed by atoms with Gasteiger partial charge in [-0.05, 0) is 55.6 Å². The van der Waals surface area contributed by atoms with Crippen LogP contribution in [0.4, 0.5) is 10.5 Å². The largest absolute Gasteiger partial charge is 0.396 e. The van der Waals surface area contributed by atoms with Gasteiger partial charge in [0.15, 0.2) is 0 Å². The van der Waals surface area contributed by atoms with E-state index in [2.05, 4.69) is 25.2 Å². The van der Waals surface area contributed by atoms with Gasteiger partial charge in [-0.2, -0.15) is 0 Å². The Kier molecular flexibility index (Phi) is 6.05. The molecule has 128 valence electrons. The number of benzene rings is 1. The zero-order chi connectivity index (χ0) is 17.0. The molecule has 0 unspecified atom stereocenters. The zero-order valence-corrected chi connectivity index (χ0v) is 14.8. The summed E-state index contributed by atoms with van der Waals surface area (Å²) in [5, 5.41) is 12.4. The van der Waals surface area contributed by atoms with Crippen molar-refractivity contribution in [3.63, 3.8) is 0 Å². The number of nitrogens with zero attached hydrogens (tertiary/aromatic N) is 1. The van der Waals surface area contributed by atoms with E-state index in [9.17, 15) is 9.90 Å². The number of carbonyl (C=O) groups is 1. The van der Waals surface area contributed by atoms with Crippen LogP contribution in [0.3, 0.4) is 0 Å². The molecule has 0 saturated heterocycles. The zero-order valence-electron chi connectivity index (χ0n) is 14.8. The molecule has 0 aliphatic heterocycles. The highest BCUT2D eigenvalue weighted by Crippen LogP contribution is 2.29. The number of carbonyl (C=O) groups excluding carboxylic acids is 1. The second-order valence-corrected chi connectivity index (χ2v) is 7.09. The molecule has 4 heteroatoms. The van der Waals surface area contributed by atoms with Crippen LogP contribution in [-0.4, -0.2) is 35.7 Å². The molecular formula is C19H30N2O2. The Labute approximate surface area is 139 Å². The van der Waals surface area contributed by atoms with E-state index in [1.54, 1.807) is 0 Å². The standard InChI is InChI=1S/C19H30N2O2/c1-13(2)17-7-5-6-14(3)18(17)20-19(23)21(4)16-10-8-15(12-22)9-11-16/h5-7,13,15-16,22H,8-12H2,1-4H3,(H,20,23). The smallest absolute Gasteiger partial charge is 0.321 e.